The number of rotatable bonds is 2. The van der Waals surface area contributed by atoms with E-state index < -0.39 is 6.10 Å². The van der Waals surface area contributed by atoms with E-state index in [1.165, 1.54) is 0 Å². The Morgan fingerprint density at radius 3 is 2.21 bits per heavy atom. The second-order valence-electron chi connectivity index (χ2n) is 6.26. The quantitative estimate of drug-likeness (QED) is 0.886. The van der Waals surface area contributed by atoms with Crippen LogP contribution in [-0.2, 0) is 0 Å². The number of hydrogen-bond acceptors (Lipinski definition) is 4. The van der Waals surface area contributed by atoms with Crippen molar-refractivity contribution < 1.29 is 5.11 Å². The highest BCUT2D eigenvalue weighted by molar-refractivity contribution is 5.45. The van der Waals surface area contributed by atoms with Crippen molar-refractivity contribution in [3.8, 4) is 0 Å². The Balaban J connectivity index is 1.98. The Morgan fingerprint density at radius 1 is 1.16 bits per heavy atom. The molecule has 4 nitrogen and oxygen atoms in total. The minimum absolute atomic E-state index is 0.251. The van der Waals surface area contributed by atoms with Gasteiger partial charge in [-0.3, -0.25) is 9.88 Å². The van der Waals surface area contributed by atoms with Crippen molar-refractivity contribution in [2.24, 2.45) is 0 Å². The Kier molecular flexibility index (Phi) is 4.11. The van der Waals surface area contributed by atoms with Crippen molar-refractivity contribution in [3.63, 3.8) is 0 Å². The van der Waals surface area contributed by atoms with Crippen LogP contribution in [0.4, 0.5) is 5.69 Å². The van der Waals surface area contributed by atoms with Gasteiger partial charge in [0.15, 0.2) is 0 Å². The first-order chi connectivity index (χ1) is 8.88. The largest absolute Gasteiger partial charge is 0.387 e. The zero-order valence-corrected chi connectivity index (χ0v) is 12.4. The summed E-state index contributed by atoms with van der Waals surface area (Å²) in [6, 6.07) is 3.97. The van der Waals surface area contributed by atoms with Crippen LogP contribution in [0.1, 0.15) is 39.5 Å². The lowest BCUT2D eigenvalue weighted by atomic mass is 10.0. The zero-order valence-electron chi connectivity index (χ0n) is 12.4. The molecule has 2 heterocycles. The van der Waals surface area contributed by atoms with E-state index in [1.54, 1.807) is 6.92 Å². The van der Waals surface area contributed by atoms with Gasteiger partial charge in [-0.05, 0) is 39.8 Å². The maximum absolute atomic E-state index is 9.47. The van der Waals surface area contributed by atoms with Gasteiger partial charge in [0.2, 0.25) is 0 Å². The molecule has 1 atom stereocenters. The molecule has 106 valence electrons. The van der Waals surface area contributed by atoms with Crippen LogP contribution in [0.15, 0.2) is 18.3 Å². The van der Waals surface area contributed by atoms with Crippen LogP contribution in [-0.4, -0.2) is 46.7 Å². The average molecular weight is 263 g/mol. The van der Waals surface area contributed by atoms with E-state index in [-0.39, 0.29) is 5.54 Å². The summed E-state index contributed by atoms with van der Waals surface area (Å²) in [5.74, 6) is 0. The Bertz CT molecular complexity index is 400. The molecule has 19 heavy (non-hydrogen) atoms. The van der Waals surface area contributed by atoms with E-state index in [1.807, 2.05) is 12.3 Å². The number of aliphatic hydroxyl groups is 1. The molecule has 1 N–H and O–H groups in total. The molecular formula is C15H25N3O. The minimum atomic E-state index is -0.494. The molecule has 0 aromatic carbocycles. The van der Waals surface area contributed by atoms with Crippen molar-refractivity contribution in [1.29, 1.82) is 0 Å². The second kappa shape index (κ2) is 5.47. The maximum Gasteiger partial charge on any atom is 0.0931 e. The number of piperazine rings is 1. The average Bonchev–Trinajstić information content (AvgIpc) is 2.38. The van der Waals surface area contributed by atoms with Gasteiger partial charge in [0, 0.05) is 31.7 Å². The van der Waals surface area contributed by atoms with Crippen LogP contribution in [0.3, 0.4) is 0 Å². The lowest BCUT2D eigenvalue weighted by Gasteiger charge is -2.43. The van der Waals surface area contributed by atoms with Gasteiger partial charge in [0.1, 0.15) is 0 Å². The third kappa shape index (κ3) is 3.45. The first-order valence-corrected chi connectivity index (χ1v) is 7.02. The van der Waals surface area contributed by atoms with Crippen LogP contribution in [0.25, 0.3) is 0 Å². The third-order valence-electron chi connectivity index (χ3n) is 3.79. The van der Waals surface area contributed by atoms with Crippen LogP contribution in [0.2, 0.25) is 0 Å². The van der Waals surface area contributed by atoms with E-state index in [4.69, 9.17) is 0 Å². The molecule has 0 unspecified atom stereocenters. The number of aliphatic hydroxyl groups excluding tert-OH is 1. The third-order valence-corrected chi connectivity index (χ3v) is 3.79. The molecule has 2 rings (SSSR count). The summed E-state index contributed by atoms with van der Waals surface area (Å²) in [6.07, 6.45) is 1.38. The topological polar surface area (TPSA) is 39.6 Å². The van der Waals surface area contributed by atoms with E-state index in [0.29, 0.717) is 0 Å². The first kappa shape index (κ1) is 14.3. The van der Waals surface area contributed by atoms with Crippen LogP contribution < -0.4 is 4.90 Å². The maximum atomic E-state index is 9.47. The van der Waals surface area contributed by atoms with E-state index >= 15 is 0 Å². The first-order valence-electron chi connectivity index (χ1n) is 7.02. The van der Waals surface area contributed by atoms with Gasteiger partial charge in [-0.1, -0.05) is 0 Å². The Hall–Kier alpha value is -1.13. The molecular weight excluding hydrogens is 238 g/mol. The smallest absolute Gasteiger partial charge is 0.0931 e. The monoisotopic (exact) mass is 263 g/mol. The molecule has 0 bridgehead atoms. The van der Waals surface area contributed by atoms with Gasteiger partial charge in [-0.25, -0.2) is 0 Å². The molecule has 1 aromatic rings. The molecule has 0 spiro atoms. The fourth-order valence-corrected chi connectivity index (χ4v) is 2.47. The van der Waals surface area contributed by atoms with Crippen LogP contribution in [0, 0.1) is 0 Å². The van der Waals surface area contributed by atoms with Crippen LogP contribution >= 0.6 is 0 Å². The molecule has 1 aromatic heterocycles. The summed E-state index contributed by atoms with van der Waals surface area (Å²) < 4.78 is 0. The Morgan fingerprint density at radius 2 is 1.79 bits per heavy atom. The van der Waals surface area contributed by atoms with Crippen molar-refractivity contribution in [2.75, 3.05) is 31.1 Å². The van der Waals surface area contributed by atoms with Crippen LogP contribution in [0.5, 0.6) is 0 Å². The molecule has 0 radical (unpaired) electrons. The summed E-state index contributed by atoms with van der Waals surface area (Å²) >= 11 is 0. The highest BCUT2D eigenvalue weighted by Gasteiger charge is 2.25. The van der Waals surface area contributed by atoms with Gasteiger partial charge in [-0.15, -0.1) is 0 Å². The number of aromatic nitrogens is 1. The van der Waals surface area contributed by atoms with Gasteiger partial charge >= 0.3 is 0 Å². The number of nitrogens with zero attached hydrogens (tertiary/aromatic N) is 3. The van der Waals surface area contributed by atoms with E-state index in [2.05, 4.69) is 41.6 Å². The second-order valence-corrected chi connectivity index (χ2v) is 6.26. The molecule has 1 saturated heterocycles. The molecule has 1 aliphatic heterocycles. The van der Waals surface area contributed by atoms with Crippen molar-refractivity contribution in [3.05, 3.63) is 24.0 Å². The molecule has 0 saturated carbocycles. The summed E-state index contributed by atoms with van der Waals surface area (Å²) in [4.78, 5) is 9.19. The zero-order chi connectivity index (χ0) is 14.0. The predicted molar refractivity (Wildman–Crippen MR) is 78.4 cm³/mol. The predicted octanol–water partition coefficient (Wildman–Crippen LogP) is 2.06. The normalized spacial score (nSPS) is 19.5. The lowest BCUT2D eigenvalue weighted by Crippen LogP contribution is -2.53. The fraction of sp³-hybridized carbons (Fsp3) is 0.667. The molecule has 1 aliphatic rings. The van der Waals surface area contributed by atoms with E-state index in [0.717, 1.165) is 37.6 Å². The number of anilines is 1. The number of hydrogen-bond donors (Lipinski definition) is 1. The van der Waals surface area contributed by atoms with E-state index in [9.17, 15) is 5.11 Å². The Labute approximate surface area is 116 Å². The van der Waals surface area contributed by atoms with Crippen molar-refractivity contribution in [2.45, 2.75) is 39.3 Å². The molecule has 4 heteroatoms. The SMILES string of the molecule is C[C@@H](O)c1ccc(N2CCN(C(C)(C)C)CC2)cn1. The van der Waals surface area contributed by atoms with Gasteiger partial charge in [0.25, 0.3) is 0 Å². The minimum Gasteiger partial charge on any atom is -0.387 e. The van der Waals surface area contributed by atoms with Crippen molar-refractivity contribution >= 4 is 5.69 Å². The van der Waals surface area contributed by atoms with Gasteiger partial charge in [-0.2, -0.15) is 0 Å². The van der Waals surface area contributed by atoms with Gasteiger partial charge in [0.05, 0.1) is 23.7 Å². The number of pyridine rings is 1. The fourth-order valence-electron chi connectivity index (χ4n) is 2.47. The van der Waals surface area contributed by atoms with Crippen molar-refractivity contribution in [1.82, 2.24) is 9.88 Å². The lowest BCUT2D eigenvalue weighted by molar-refractivity contribution is 0.128. The highest BCUT2D eigenvalue weighted by Crippen LogP contribution is 2.21. The summed E-state index contributed by atoms with van der Waals surface area (Å²) in [6.45, 7) is 12.8. The molecule has 1 fully saturated rings. The molecule has 0 amide bonds. The standard InChI is InChI=1S/C15H25N3O/c1-12(19)14-6-5-13(11-16-14)17-7-9-18(10-8-17)15(2,3)4/h5-6,11-12,19H,7-10H2,1-4H3/t12-/m1/s1. The molecule has 0 aliphatic carbocycles. The summed E-state index contributed by atoms with van der Waals surface area (Å²) in [7, 11) is 0. The highest BCUT2D eigenvalue weighted by atomic mass is 16.3. The van der Waals surface area contributed by atoms with Gasteiger partial charge < -0.3 is 10.0 Å². The summed E-state index contributed by atoms with van der Waals surface area (Å²) in [5, 5.41) is 9.47. The summed E-state index contributed by atoms with van der Waals surface area (Å²) in [5.41, 5.74) is 2.13.